The van der Waals surface area contributed by atoms with E-state index in [9.17, 15) is 13.2 Å². The fourth-order valence-electron chi connectivity index (χ4n) is 3.54. The van der Waals surface area contributed by atoms with Gasteiger partial charge in [0.1, 0.15) is 5.69 Å². The van der Waals surface area contributed by atoms with Crippen LogP contribution in [0.4, 0.5) is 0 Å². The highest BCUT2D eigenvalue weighted by atomic mass is 32.2. The molecule has 1 saturated carbocycles. The lowest BCUT2D eigenvalue weighted by Crippen LogP contribution is -2.42. The number of carbonyl (C=O) groups is 1. The van der Waals surface area contributed by atoms with Crippen LogP contribution in [0.15, 0.2) is 53.6 Å². The summed E-state index contributed by atoms with van der Waals surface area (Å²) < 4.78 is 28.3. The van der Waals surface area contributed by atoms with Crippen molar-refractivity contribution in [2.24, 2.45) is 5.92 Å². The Kier molecular flexibility index (Phi) is 4.12. The van der Waals surface area contributed by atoms with Crippen molar-refractivity contribution in [2.45, 2.75) is 37.4 Å². The minimum absolute atomic E-state index is 0.0649. The largest absolute Gasteiger partial charge is 0.292 e. The summed E-state index contributed by atoms with van der Waals surface area (Å²) in [4.78, 5) is 17.8. The Morgan fingerprint density at radius 1 is 1.07 bits per heavy atom. The number of benzene rings is 1. The molecule has 140 valence electrons. The summed E-state index contributed by atoms with van der Waals surface area (Å²) >= 11 is 0. The number of fused-ring (bicyclic) bond motifs is 1. The van der Waals surface area contributed by atoms with Gasteiger partial charge in [0.2, 0.25) is 0 Å². The smallest absolute Gasteiger partial charge is 0.270 e. The Bertz CT molecular complexity index is 1140. The van der Waals surface area contributed by atoms with Crippen molar-refractivity contribution in [2.75, 3.05) is 0 Å². The number of nitrogens with zero attached hydrogens (tertiary/aromatic N) is 2. The van der Waals surface area contributed by atoms with Gasteiger partial charge in [-0.2, -0.15) is 0 Å². The Hall–Kier alpha value is -2.25. The molecule has 0 radical (unpaired) electrons. The number of ketones is 1. The second kappa shape index (κ2) is 6.14. The van der Waals surface area contributed by atoms with Crippen LogP contribution in [0.25, 0.3) is 11.0 Å². The zero-order valence-electron chi connectivity index (χ0n) is 15.6. The number of pyridine rings is 1. The molecule has 2 heterocycles. The monoisotopic (exact) mass is 398 g/mol. The maximum atomic E-state index is 13.5. The average molecular weight is 399 g/mol. The van der Waals surface area contributed by atoms with E-state index >= 15 is 0 Å². The van der Waals surface area contributed by atoms with Crippen molar-refractivity contribution < 1.29 is 13.2 Å². The van der Waals surface area contributed by atoms with E-state index in [0.717, 1.165) is 23.4 Å². The third-order valence-electron chi connectivity index (χ3n) is 4.90. The van der Waals surface area contributed by atoms with Crippen LogP contribution in [-0.2, 0) is 10.0 Å². The highest BCUT2D eigenvalue weighted by molar-refractivity contribution is 7.90. The number of hydrogen-bond donors (Lipinski definition) is 0. The molecule has 4 rings (SSSR count). The van der Waals surface area contributed by atoms with Crippen molar-refractivity contribution in [1.29, 1.82) is 0 Å². The van der Waals surface area contributed by atoms with Gasteiger partial charge in [-0.15, -0.1) is 0 Å². The molecular formula is C20H22N2O3SSi. The maximum Gasteiger partial charge on any atom is 0.270 e. The summed E-state index contributed by atoms with van der Waals surface area (Å²) in [5.74, 6) is -0.140. The van der Waals surface area contributed by atoms with Gasteiger partial charge in [0.15, 0.2) is 11.4 Å². The molecule has 0 spiro atoms. The fourth-order valence-corrected chi connectivity index (χ4v) is 7.08. The SMILES string of the molecule is C[Si](C)(C)c1c(C(=O)C2CC2)n(S(=O)(=O)c2ccccc2)c2ncccc12. The first-order valence-corrected chi connectivity index (χ1v) is 14.0. The summed E-state index contributed by atoms with van der Waals surface area (Å²) in [5, 5.41) is 1.67. The van der Waals surface area contributed by atoms with Crippen molar-refractivity contribution in [3.05, 3.63) is 54.4 Å². The summed E-state index contributed by atoms with van der Waals surface area (Å²) in [6.07, 6.45) is 3.23. The molecule has 1 fully saturated rings. The normalized spacial score (nSPS) is 15.2. The molecule has 1 aliphatic carbocycles. The third-order valence-corrected chi connectivity index (χ3v) is 8.61. The lowest BCUT2D eigenvalue weighted by Gasteiger charge is -2.19. The summed E-state index contributed by atoms with van der Waals surface area (Å²) in [6.45, 7) is 6.41. The van der Waals surface area contributed by atoms with Gasteiger partial charge in [0.05, 0.1) is 13.0 Å². The minimum atomic E-state index is -3.93. The van der Waals surface area contributed by atoms with E-state index < -0.39 is 18.1 Å². The van der Waals surface area contributed by atoms with E-state index in [4.69, 9.17) is 0 Å². The van der Waals surface area contributed by atoms with Crippen LogP contribution in [0.1, 0.15) is 23.3 Å². The molecule has 0 N–H and O–H groups in total. The molecule has 0 bridgehead atoms. The van der Waals surface area contributed by atoms with Gasteiger partial charge in [0, 0.05) is 17.5 Å². The Morgan fingerprint density at radius 2 is 1.74 bits per heavy atom. The van der Waals surface area contributed by atoms with Gasteiger partial charge in [-0.3, -0.25) is 4.79 Å². The van der Waals surface area contributed by atoms with E-state index in [1.807, 2.05) is 6.07 Å². The molecule has 5 nitrogen and oxygen atoms in total. The van der Waals surface area contributed by atoms with Crippen molar-refractivity contribution in [3.8, 4) is 0 Å². The van der Waals surface area contributed by atoms with Gasteiger partial charge < -0.3 is 0 Å². The highest BCUT2D eigenvalue weighted by Crippen LogP contribution is 2.35. The molecule has 0 aliphatic heterocycles. The molecule has 27 heavy (non-hydrogen) atoms. The van der Waals surface area contributed by atoms with Crippen molar-refractivity contribution in [1.82, 2.24) is 8.96 Å². The first-order chi connectivity index (χ1) is 12.7. The van der Waals surface area contributed by atoms with E-state index in [1.165, 1.54) is 3.97 Å². The van der Waals surface area contributed by atoms with Crippen LogP contribution in [-0.4, -0.2) is 31.2 Å². The first kappa shape index (κ1) is 18.1. The Balaban J connectivity index is 2.14. The molecule has 7 heteroatoms. The minimum Gasteiger partial charge on any atom is -0.292 e. The lowest BCUT2D eigenvalue weighted by molar-refractivity contribution is 0.0963. The van der Waals surface area contributed by atoms with E-state index in [-0.39, 0.29) is 16.6 Å². The lowest BCUT2D eigenvalue weighted by atomic mass is 10.2. The second-order valence-electron chi connectivity index (χ2n) is 8.07. The molecule has 2 aromatic heterocycles. The topological polar surface area (TPSA) is 69.0 Å². The van der Waals surface area contributed by atoms with Gasteiger partial charge in [-0.05, 0) is 42.3 Å². The molecule has 0 saturated heterocycles. The number of aromatic nitrogens is 2. The summed E-state index contributed by atoms with van der Waals surface area (Å²) in [7, 11) is -5.96. The second-order valence-corrected chi connectivity index (χ2v) is 14.9. The quantitative estimate of drug-likeness (QED) is 0.488. The summed E-state index contributed by atoms with van der Waals surface area (Å²) in [6, 6.07) is 12.0. The average Bonchev–Trinajstić information content (AvgIpc) is 3.40. The van der Waals surface area contributed by atoms with Crippen LogP contribution in [0.2, 0.25) is 19.6 Å². The highest BCUT2D eigenvalue weighted by Gasteiger charge is 2.41. The Labute approximate surface area is 160 Å². The molecule has 1 aromatic carbocycles. The van der Waals surface area contributed by atoms with E-state index in [1.54, 1.807) is 42.6 Å². The predicted molar refractivity (Wildman–Crippen MR) is 109 cm³/mol. The van der Waals surface area contributed by atoms with Crippen LogP contribution in [0, 0.1) is 5.92 Å². The molecule has 1 aliphatic rings. The molecular weight excluding hydrogens is 376 g/mol. The van der Waals surface area contributed by atoms with Crippen molar-refractivity contribution in [3.63, 3.8) is 0 Å². The van der Waals surface area contributed by atoms with Gasteiger partial charge in [0.25, 0.3) is 10.0 Å². The molecule has 0 unspecified atom stereocenters. The van der Waals surface area contributed by atoms with Crippen LogP contribution in [0.5, 0.6) is 0 Å². The molecule has 0 atom stereocenters. The molecule has 0 amide bonds. The van der Waals surface area contributed by atoms with Gasteiger partial charge in [-0.25, -0.2) is 17.4 Å². The van der Waals surface area contributed by atoms with Gasteiger partial charge in [-0.1, -0.05) is 37.8 Å². The predicted octanol–water partition coefficient (Wildman–Crippen LogP) is 3.41. The van der Waals surface area contributed by atoms with Crippen molar-refractivity contribution >= 4 is 40.1 Å². The first-order valence-electron chi connectivity index (χ1n) is 9.07. The van der Waals surface area contributed by atoms with Crippen LogP contribution >= 0.6 is 0 Å². The van der Waals surface area contributed by atoms with Crippen LogP contribution in [0.3, 0.4) is 0 Å². The number of hydrogen-bond acceptors (Lipinski definition) is 4. The van der Waals surface area contributed by atoms with Crippen LogP contribution < -0.4 is 5.19 Å². The third kappa shape index (κ3) is 2.95. The Morgan fingerprint density at radius 3 is 2.33 bits per heavy atom. The number of rotatable bonds is 5. The van der Waals surface area contributed by atoms with E-state index in [0.29, 0.717) is 11.3 Å². The number of carbonyl (C=O) groups excluding carboxylic acids is 1. The van der Waals surface area contributed by atoms with Gasteiger partial charge >= 0.3 is 0 Å². The molecule has 3 aromatic rings. The number of Topliss-reactive ketones (excluding diaryl/α,β-unsaturated/α-hetero) is 1. The zero-order chi connectivity index (χ0) is 19.4. The van der Waals surface area contributed by atoms with E-state index in [2.05, 4.69) is 24.6 Å². The zero-order valence-corrected chi connectivity index (χ0v) is 17.5. The standard InChI is InChI=1S/C20H22N2O3SSi/c1-27(2,3)19-16-10-7-13-21-20(16)22(17(19)18(23)14-11-12-14)26(24,25)15-8-5-4-6-9-15/h4-10,13-14H,11-12H2,1-3H3. The summed E-state index contributed by atoms with van der Waals surface area (Å²) in [5.41, 5.74) is 0.678. The fraction of sp³-hybridized carbons (Fsp3) is 0.300. The maximum absolute atomic E-state index is 13.5.